The van der Waals surface area contributed by atoms with Crippen LogP contribution in [0.1, 0.15) is 22.3 Å². The van der Waals surface area contributed by atoms with E-state index >= 15 is 0 Å². The summed E-state index contributed by atoms with van der Waals surface area (Å²) in [7, 11) is 0. The SMILES string of the molecule is c1ccc(C2(c3ccccc3)c3ccccc3-c3c(-c4cc(-n5c6ccccc6c6cc(-c7ccc8c9ccccc9c9ccccc9c8c7)ccc65)cc5oc6ccccc6c45)cccc32)cc1. The van der Waals surface area contributed by atoms with Gasteiger partial charge >= 0.3 is 0 Å². The minimum Gasteiger partial charge on any atom is -0.456 e. The van der Waals surface area contributed by atoms with E-state index in [0.717, 1.165) is 44.2 Å². The molecule has 0 saturated heterocycles. The molecule has 0 amide bonds. The Kier molecular flexibility index (Phi) is 8.02. The summed E-state index contributed by atoms with van der Waals surface area (Å²) in [6, 6.07) is 91.8. The molecule has 2 aromatic heterocycles. The molecular formula is C67H41NO. The maximum Gasteiger partial charge on any atom is 0.138 e. The zero-order valence-electron chi connectivity index (χ0n) is 37.5. The third kappa shape index (κ3) is 5.31. The Morgan fingerprint density at radius 2 is 0.826 bits per heavy atom. The van der Waals surface area contributed by atoms with Gasteiger partial charge < -0.3 is 8.98 Å². The van der Waals surface area contributed by atoms with Crippen molar-refractivity contribution in [2.75, 3.05) is 0 Å². The van der Waals surface area contributed by atoms with Gasteiger partial charge in [-0.15, -0.1) is 0 Å². The third-order valence-corrected chi connectivity index (χ3v) is 15.2. The normalized spacial score (nSPS) is 13.0. The van der Waals surface area contributed by atoms with Crippen LogP contribution in [0.3, 0.4) is 0 Å². The molecule has 0 fully saturated rings. The van der Waals surface area contributed by atoms with Crippen LogP contribution in [0.2, 0.25) is 0 Å². The second kappa shape index (κ2) is 14.5. The zero-order valence-corrected chi connectivity index (χ0v) is 37.5. The Morgan fingerprint density at radius 1 is 0.304 bits per heavy atom. The Labute approximate surface area is 398 Å². The molecule has 2 heterocycles. The van der Waals surface area contributed by atoms with E-state index in [-0.39, 0.29) is 0 Å². The average Bonchev–Trinajstić information content (AvgIpc) is 4.07. The van der Waals surface area contributed by atoms with Crippen LogP contribution in [0.4, 0.5) is 0 Å². The van der Waals surface area contributed by atoms with Crippen LogP contribution in [0, 0.1) is 0 Å². The summed E-state index contributed by atoms with van der Waals surface area (Å²) < 4.78 is 9.35. The van der Waals surface area contributed by atoms with E-state index < -0.39 is 5.41 Å². The molecule has 320 valence electrons. The predicted octanol–water partition coefficient (Wildman–Crippen LogP) is 17.8. The monoisotopic (exact) mass is 875 g/mol. The van der Waals surface area contributed by atoms with Crippen molar-refractivity contribution in [3.05, 3.63) is 271 Å². The van der Waals surface area contributed by atoms with Gasteiger partial charge in [-0.1, -0.05) is 206 Å². The molecule has 0 spiro atoms. The van der Waals surface area contributed by atoms with Gasteiger partial charge in [-0.05, 0) is 124 Å². The molecule has 2 heteroatoms. The Bertz CT molecular complexity index is 4350. The topological polar surface area (TPSA) is 18.1 Å². The van der Waals surface area contributed by atoms with Crippen molar-refractivity contribution in [2.24, 2.45) is 0 Å². The molecule has 12 aromatic carbocycles. The number of para-hydroxylation sites is 2. The molecule has 0 saturated carbocycles. The first-order valence-corrected chi connectivity index (χ1v) is 23.9. The Morgan fingerprint density at radius 3 is 1.55 bits per heavy atom. The summed E-state index contributed by atoms with van der Waals surface area (Å²) in [6.07, 6.45) is 0. The third-order valence-electron chi connectivity index (χ3n) is 15.2. The van der Waals surface area contributed by atoms with Crippen LogP contribution >= 0.6 is 0 Å². The maximum atomic E-state index is 6.90. The van der Waals surface area contributed by atoms with Crippen molar-refractivity contribution < 1.29 is 4.42 Å². The molecule has 69 heavy (non-hydrogen) atoms. The van der Waals surface area contributed by atoms with E-state index in [2.05, 4.69) is 253 Å². The Balaban J connectivity index is 0.980. The van der Waals surface area contributed by atoms with Crippen LogP contribution < -0.4 is 0 Å². The fourth-order valence-corrected chi connectivity index (χ4v) is 12.4. The lowest BCUT2D eigenvalue weighted by Crippen LogP contribution is -2.28. The van der Waals surface area contributed by atoms with Crippen LogP contribution in [-0.2, 0) is 5.41 Å². The number of benzene rings is 12. The first-order chi connectivity index (χ1) is 34.2. The molecule has 0 radical (unpaired) electrons. The van der Waals surface area contributed by atoms with E-state index in [1.807, 2.05) is 0 Å². The number of hydrogen-bond acceptors (Lipinski definition) is 1. The molecule has 15 rings (SSSR count). The standard InChI is InChI=1S/C67H41NO/c1-3-18-44(19-4-1)67(45-20-5-2-6-21-45)59-30-14-11-27-54(59)65-53(29-17-31-60(65)67)58-40-46(41-64-66(58)55-28-13-16-33-63(55)69-64)68-61-32-15-12-26-52(61)57-39-43(35-37-62(57)68)42-34-36-51-49-24-8-7-22-47(49)48-23-9-10-25-50(48)56(51)38-42/h1-41H. The van der Waals surface area contributed by atoms with E-state index in [1.165, 1.54) is 93.2 Å². The first kappa shape index (κ1) is 38.2. The highest BCUT2D eigenvalue weighted by molar-refractivity contribution is 6.26. The summed E-state index contributed by atoms with van der Waals surface area (Å²) in [6.45, 7) is 0. The highest BCUT2D eigenvalue weighted by Gasteiger charge is 2.47. The lowest BCUT2D eigenvalue weighted by atomic mass is 9.67. The second-order valence-electron chi connectivity index (χ2n) is 18.7. The smallest absolute Gasteiger partial charge is 0.138 e. The summed E-state index contributed by atoms with van der Waals surface area (Å²) in [5.41, 5.74) is 16.9. The van der Waals surface area contributed by atoms with Crippen molar-refractivity contribution in [2.45, 2.75) is 5.41 Å². The largest absolute Gasteiger partial charge is 0.456 e. The maximum absolute atomic E-state index is 6.90. The van der Waals surface area contributed by atoms with Crippen molar-refractivity contribution in [3.63, 3.8) is 0 Å². The van der Waals surface area contributed by atoms with Gasteiger partial charge in [-0.2, -0.15) is 0 Å². The van der Waals surface area contributed by atoms with Crippen LogP contribution in [-0.4, -0.2) is 4.57 Å². The number of rotatable bonds is 5. The predicted molar refractivity (Wildman–Crippen MR) is 289 cm³/mol. The molecule has 1 aliphatic rings. The molecule has 14 aromatic rings. The van der Waals surface area contributed by atoms with Crippen molar-refractivity contribution >= 4 is 76.1 Å². The van der Waals surface area contributed by atoms with Crippen molar-refractivity contribution in [1.82, 2.24) is 4.57 Å². The highest BCUT2D eigenvalue weighted by Crippen LogP contribution is 2.59. The number of nitrogens with zero attached hydrogens (tertiary/aromatic N) is 1. The lowest BCUT2D eigenvalue weighted by molar-refractivity contribution is 0.668. The van der Waals surface area contributed by atoms with Crippen molar-refractivity contribution in [1.29, 1.82) is 0 Å². The second-order valence-corrected chi connectivity index (χ2v) is 18.7. The number of furan rings is 1. The zero-order chi connectivity index (χ0) is 45.2. The Hall–Kier alpha value is -8.98. The van der Waals surface area contributed by atoms with Crippen LogP contribution in [0.5, 0.6) is 0 Å². The summed E-state index contributed by atoms with van der Waals surface area (Å²) in [4.78, 5) is 0. The average molecular weight is 876 g/mol. The molecule has 2 nitrogen and oxygen atoms in total. The lowest BCUT2D eigenvalue weighted by Gasteiger charge is -2.34. The minimum atomic E-state index is -0.518. The fraction of sp³-hybridized carbons (Fsp3) is 0.0149. The molecule has 0 atom stereocenters. The number of aromatic nitrogens is 1. The van der Waals surface area contributed by atoms with E-state index in [9.17, 15) is 0 Å². The number of fused-ring (bicyclic) bond motifs is 15. The van der Waals surface area contributed by atoms with Gasteiger partial charge in [0.05, 0.1) is 22.1 Å². The number of hydrogen-bond donors (Lipinski definition) is 0. The quantitative estimate of drug-likeness (QED) is 0.158. The van der Waals surface area contributed by atoms with Gasteiger partial charge in [0.2, 0.25) is 0 Å². The van der Waals surface area contributed by atoms with Gasteiger partial charge in [0.1, 0.15) is 11.2 Å². The van der Waals surface area contributed by atoms with Gasteiger partial charge in [0.15, 0.2) is 0 Å². The molecule has 0 unspecified atom stereocenters. The van der Waals surface area contributed by atoms with Crippen molar-refractivity contribution in [3.8, 4) is 39.1 Å². The van der Waals surface area contributed by atoms with Crippen LogP contribution in [0.15, 0.2) is 253 Å². The highest BCUT2D eigenvalue weighted by atomic mass is 16.3. The molecule has 0 N–H and O–H groups in total. The summed E-state index contributed by atoms with van der Waals surface area (Å²) in [5, 5.41) is 12.3. The van der Waals surface area contributed by atoms with Gasteiger partial charge in [0.25, 0.3) is 0 Å². The molecular weight excluding hydrogens is 835 g/mol. The molecule has 1 aliphatic carbocycles. The van der Waals surface area contributed by atoms with Crippen LogP contribution in [0.25, 0.3) is 115 Å². The minimum absolute atomic E-state index is 0.518. The summed E-state index contributed by atoms with van der Waals surface area (Å²) in [5.74, 6) is 0. The van der Waals surface area contributed by atoms with E-state index in [4.69, 9.17) is 4.42 Å². The fourth-order valence-electron chi connectivity index (χ4n) is 12.4. The van der Waals surface area contributed by atoms with Gasteiger partial charge in [-0.25, -0.2) is 0 Å². The molecule has 0 aliphatic heterocycles. The van der Waals surface area contributed by atoms with E-state index in [1.54, 1.807) is 0 Å². The summed E-state index contributed by atoms with van der Waals surface area (Å²) >= 11 is 0. The van der Waals surface area contributed by atoms with Gasteiger partial charge in [-0.3, -0.25) is 0 Å². The van der Waals surface area contributed by atoms with E-state index in [0.29, 0.717) is 0 Å². The first-order valence-electron chi connectivity index (χ1n) is 23.9. The van der Waals surface area contributed by atoms with Gasteiger partial charge in [0, 0.05) is 27.6 Å². The molecule has 0 bridgehead atoms.